The van der Waals surface area contributed by atoms with E-state index in [4.69, 9.17) is 9.97 Å². The molecule has 0 N–H and O–H groups in total. The van der Waals surface area contributed by atoms with E-state index in [1.54, 1.807) is 0 Å². The highest BCUT2D eigenvalue weighted by Gasteiger charge is 2.39. The first-order valence-corrected chi connectivity index (χ1v) is 14.5. The Labute approximate surface area is 237 Å². The first-order chi connectivity index (χ1) is 19.6. The SMILES string of the molecule is CC1(C)c2ccccc2-c2nc(-c3ccccc3)nc(-c3ccc(-c4cccc5c4sc4ccccc45)cc3)c21. The summed E-state index contributed by atoms with van der Waals surface area (Å²) in [6, 6.07) is 43.3. The van der Waals surface area contributed by atoms with Crippen LogP contribution in [0.1, 0.15) is 25.0 Å². The Morgan fingerprint density at radius 1 is 0.525 bits per heavy atom. The maximum absolute atomic E-state index is 5.24. The van der Waals surface area contributed by atoms with Crippen molar-refractivity contribution in [2.24, 2.45) is 0 Å². The normalized spacial score (nSPS) is 13.4. The summed E-state index contributed by atoms with van der Waals surface area (Å²) in [4.78, 5) is 10.4. The average molecular weight is 531 g/mol. The van der Waals surface area contributed by atoms with Crippen LogP contribution in [0.25, 0.3) is 65.2 Å². The van der Waals surface area contributed by atoms with E-state index in [0.717, 1.165) is 28.3 Å². The second-order valence-electron chi connectivity index (χ2n) is 11.0. The molecule has 2 aromatic heterocycles. The van der Waals surface area contributed by atoms with Crippen molar-refractivity contribution in [3.63, 3.8) is 0 Å². The van der Waals surface area contributed by atoms with Gasteiger partial charge in [0.15, 0.2) is 5.82 Å². The molecule has 0 saturated carbocycles. The van der Waals surface area contributed by atoms with E-state index in [9.17, 15) is 0 Å². The Morgan fingerprint density at radius 2 is 1.18 bits per heavy atom. The van der Waals surface area contributed by atoms with Gasteiger partial charge in [-0.1, -0.05) is 129 Å². The van der Waals surface area contributed by atoms with E-state index in [-0.39, 0.29) is 5.41 Å². The third-order valence-electron chi connectivity index (χ3n) is 8.30. The molecule has 0 bridgehead atoms. The number of fused-ring (bicyclic) bond motifs is 6. The van der Waals surface area contributed by atoms with Crippen molar-refractivity contribution in [1.82, 2.24) is 9.97 Å². The molecule has 3 heteroatoms. The fourth-order valence-corrected chi connectivity index (χ4v) is 7.56. The smallest absolute Gasteiger partial charge is 0.160 e. The van der Waals surface area contributed by atoms with Gasteiger partial charge in [0.25, 0.3) is 0 Å². The number of hydrogen-bond donors (Lipinski definition) is 0. The number of rotatable bonds is 3. The largest absolute Gasteiger partial charge is 0.228 e. The quantitative estimate of drug-likeness (QED) is 0.227. The summed E-state index contributed by atoms with van der Waals surface area (Å²) >= 11 is 1.87. The van der Waals surface area contributed by atoms with Crippen LogP contribution in [-0.2, 0) is 5.41 Å². The monoisotopic (exact) mass is 530 g/mol. The zero-order valence-corrected chi connectivity index (χ0v) is 23.2. The molecule has 0 radical (unpaired) electrons. The van der Waals surface area contributed by atoms with Gasteiger partial charge in [-0.15, -0.1) is 11.3 Å². The van der Waals surface area contributed by atoms with Crippen molar-refractivity contribution in [2.75, 3.05) is 0 Å². The Kier molecular flexibility index (Phi) is 5.07. The molecule has 8 rings (SSSR count). The van der Waals surface area contributed by atoms with E-state index in [1.807, 2.05) is 29.5 Å². The number of thiophene rings is 1. The van der Waals surface area contributed by atoms with Crippen molar-refractivity contribution in [1.29, 1.82) is 0 Å². The lowest BCUT2D eigenvalue weighted by molar-refractivity contribution is 0.658. The lowest BCUT2D eigenvalue weighted by Gasteiger charge is -2.24. The maximum Gasteiger partial charge on any atom is 0.160 e. The van der Waals surface area contributed by atoms with Crippen LogP contribution in [0.5, 0.6) is 0 Å². The van der Waals surface area contributed by atoms with Crippen LogP contribution in [0.2, 0.25) is 0 Å². The molecule has 0 fully saturated rings. The van der Waals surface area contributed by atoms with E-state index in [2.05, 4.69) is 117 Å². The van der Waals surface area contributed by atoms with Crippen LogP contribution in [-0.4, -0.2) is 9.97 Å². The minimum atomic E-state index is -0.197. The second kappa shape index (κ2) is 8.70. The van der Waals surface area contributed by atoms with Crippen molar-refractivity contribution >= 4 is 31.5 Å². The predicted octanol–water partition coefficient (Wildman–Crippen LogP) is 10.2. The standard InChI is InChI=1S/C37H26N2S/c1-37(2)30-17-8-6-14-29(30)34-32(37)33(38-36(39-34)25-11-4-3-5-12-25)24-21-19-23(20-22-24)26-15-10-16-28-27-13-7-9-18-31(27)40-35(26)28/h3-22H,1-2H3. The third kappa shape index (κ3) is 3.41. The van der Waals surface area contributed by atoms with E-state index < -0.39 is 0 Å². The summed E-state index contributed by atoms with van der Waals surface area (Å²) in [7, 11) is 0. The van der Waals surface area contributed by atoms with Gasteiger partial charge in [0.05, 0.1) is 11.4 Å². The van der Waals surface area contributed by atoms with Crippen molar-refractivity contribution in [3.05, 3.63) is 132 Å². The number of hydrogen-bond acceptors (Lipinski definition) is 3. The summed E-state index contributed by atoms with van der Waals surface area (Å²) in [5.74, 6) is 0.765. The van der Waals surface area contributed by atoms with Crippen molar-refractivity contribution < 1.29 is 0 Å². The minimum Gasteiger partial charge on any atom is -0.228 e. The van der Waals surface area contributed by atoms with Crippen LogP contribution in [0.15, 0.2) is 121 Å². The van der Waals surface area contributed by atoms with E-state index in [1.165, 1.54) is 48.0 Å². The van der Waals surface area contributed by atoms with Gasteiger partial charge in [0.1, 0.15) is 0 Å². The van der Waals surface area contributed by atoms with E-state index >= 15 is 0 Å². The highest BCUT2D eigenvalue weighted by atomic mass is 32.1. The fourth-order valence-electron chi connectivity index (χ4n) is 6.32. The lowest BCUT2D eigenvalue weighted by Crippen LogP contribution is -2.17. The molecule has 0 amide bonds. The number of aromatic nitrogens is 2. The fraction of sp³-hybridized carbons (Fsp3) is 0.0811. The summed E-state index contributed by atoms with van der Waals surface area (Å²) in [6.45, 7) is 4.59. The van der Waals surface area contributed by atoms with Crippen molar-refractivity contribution in [2.45, 2.75) is 19.3 Å². The van der Waals surface area contributed by atoms with Gasteiger partial charge >= 0.3 is 0 Å². The zero-order valence-electron chi connectivity index (χ0n) is 22.3. The Morgan fingerprint density at radius 3 is 2.02 bits per heavy atom. The summed E-state index contributed by atoms with van der Waals surface area (Å²) in [6.07, 6.45) is 0. The van der Waals surface area contributed by atoms with Gasteiger partial charge in [-0.2, -0.15) is 0 Å². The molecule has 1 aliphatic rings. The molecule has 0 atom stereocenters. The van der Waals surface area contributed by atoms with Gasteiger partial charge in [0.2, 0.25) is 0 Å². The summed E-state index contributed by atoms with van der Waals surface area (Å²) in [5.41, 5.74) is 10.2. The Balaban J connectivity index is 1.31. The van der Waals surface area contributed by atoms with Gasteiger partial charge in [-0.3, -0.25) is 0 Å². The second-order valence-corrected chi connectivity index (χ2v) is 12.1. The van der Waals surface area contributed by atoms with Crippen molar-refractivity contribution in [3.8, 4) is 45.0 Å². The van der Waals surface area contributed by atoms with Crippen LogP contribution < -0.4 is 0 Å². The van der Waals surface area contributed by atoms with Crippen LogP contribution in [0, 0.1) is 0 Å². The predicted molar refractivity (Wildman–Crippen MR) is 169 cm³/mol. The first kappa shape index (κ1) is 23.3. The highest BCUT2D eigenvalue weighted by Crippen LogP contribution is 2.51. The number of nitrogens with zero attached hydrogens (tertiary/aromatic N) is 2. The molecule has 5 aromatic carbocycles. The molecule has 0 unspecified atom stereocenters. The van der Waals surface area contributed by atoms with Gasteiger partial charge < -0.3 is 0 Å². The molecule has 2 nitrogen and oxygen atoms in total. The average Bonchev–Trinajstić information content (AvgIpc) is 3.50. The molecule has 7 aromatic rings. The molecule has 1 aliphatic carbocycles. The Bertz CT molecular complexity index is 2070. The molecule has 0 saturated heterocycles. The molecular formula is C37H26N2S. The molecular weight excluding hydrogens is 504 g/mol. The minimum absolute atomic E-state index is 0.197. The zero-order chi connectivity index (χ0) is 26.8. The maximum atomic E-state index is 5.24. The number of benzene rings is 5. The highest BCUT2D eigenvalue weighted by molar-refractivity contribution is 7.26. The summed E-state index contributed by atoms with van der Waals surface area (Å²) < 4.78 is 2.66. The molecule has 2 heterocycles. The lowest BCUT2D eigenvalue weighted by atomic mass is 9.80. The van der Waals surface area contributed by atoms with Gasteiger partial charge in [0, 0.05) is 47.8 Å². The Hall–Kier alpha value is -4.60. The third-order valence-corrected chi connectivity index (χ3v) is 9.52. The van der Waals surface area contributed by atoms with Gasteiger partial charge in [-0.05, 0) is 22.8 Å². The molecule has 190 valence electrons. The topological polar surface area (TPSA) is 25.8 Å². The van der Waals surface area contributed by atoms with Crippen LogP contribution >= 0.6 is 11.3 Å². The van der Waals surface area contributed by atoms with E-state index in [0.29, 0.717) is 0 Å². The van der Waals surface area contributed by atoms with Gasteiger partial charge in [-0.25, -0.2) is 9.97 Å². The van der Waals surface area contributed by atoms with Crippen LogP contribution in [0.4, 0.5) is 0 Å². The van der Waals surface area contributed by atoms with Crippen LogP contribution in [0.3, 0.4) is 0 Å². The molecule has 0 aliphatic heterocycles. The molecule has 0 spiro atoms. The first-order valence-electron chi connectivity index (χ1n) is 13.7. The summed E-state index contributed by atoms with van der Waals surface area (Å²) in [5, 5.41) is 2.65. The molecule has 40 heavy (non-hydrogen) atoms.